The Balaban J connectivity index is 2.14. The van der Waals surface area contributed by atoms with Crippen molar-refractivity contribution in [1.29, 1.82) is 0 Å². The van der Waals surface area contributed by atoms with Crippen LogP contribution in [0.15, 0.2) is 18.2 Å². The molecule has 1 N–H and O–H groups in total. The monoisotopic (exact) mass is 273 g/mol. The van der Waals surface area contributed by atoms with Crippen molar-refractivity contribution in [2.24, 2.45) is 5.92 Å². The highest BCUT2D eigenvalue weighted by Crippen LogP contribution is 2.37. The molecule has 1 aliphatic heterocycles. The van der Waals surface area contributed by atoms with E-state index in [1.807, 2.05) is 0 Å². The van der Waals surface area contributed by atoms with Crippen LogP contribution < -0.4 is 10.1 Å². The number of hydrogen-bond donors (Lipinski definition) is 1. The van der Waals surface area contributed by atoms with Crippen LogP contribution in [0.4, 0.5) is 13.2 Å². The molecule has 0 amide bonds. The zero-order valence-corrected chi connectivity index (χ0v) is 10.9. The van der Waals surface area contributed by atoms with Gasteiger partial charge >= 0.3 is 6.18 Å². The Morgan fingerprint density at radius 3 is 2.74 bits per heavy atom. The number of methoxy groups -OCH3 is 1. The molecule has 1 aromatic carbocycles. The van der Waals surface area contributed by atoms with Crippen molar-refractivity contribution in [3.8, 4) is 5.75 Å². The average Bonchev–Trinajstić information content (AvgIpc) is 2.38. The highest BCUT2D eigenvalue weighted by molar-refractivity contribution is 5.39. The molecular formula is C14H18F3NO. The number of benzene rings is 1. The van der Waals surface area contributed by atoms with E-state index in [0.29, 0.717) is 5.92 Å². The molecule has 5 heteroatoms. The summed E-state index contributed by atoms with van der Waals surface area (Å²) in [7, 11) is 1.27. The molecule has 1 unspecified atom stereocenters. The van der Waals surface area contributed by atoms with Crippen LogP contribution >= 0.6 is 0 Å². The maximum Gasteiger partial charge on any atom is 0.419 e. The zero-order chi connectivity index (χ0) is 13.9. The smallest absolute Gasteiger partial charge is 0.419 e. The van der Waals surface area contributed by atoms with Gasteiger partial charge in [-0.15, -0.1) is 0 Å². The zero-order valence-electron chi connectivity index (χ0n) is 10.9. The van der Waals surface area contributed by atoms with Gasteiger partial charge in [-0.1, -0.05) is 6.07 Å². The van der Waals surface area contributed by atoms with Crippen molar-refractivity contribution in [2.45, 2.75) is 25.4 Å². The normalized spacial score (nSPS) is 20.3. The SMILES string of the molecule is COc1cc(CC2CCCNC2)ccc1C(F)(F)F. The maximum atomic E-state index is 12.7. The molecule has 2 rings (SSSR count). The van der Waals surface area contributed by atoms with Crippen molar-refractivity contribution in [1.82, 2.24) is 5.32 Å². The highest BCUT2D eigenvalue weighted by atomic mass is 19.4. The topological polar surface area (TPSA) is 21.3 Å². The first-order chi connectivity index (χ1) is 9.00. The molecule has 1 heterocycles. The van der Waals surface area contributed by atoms with Gasteiger partial charge in [0.2, 0.25) is 0 Å². The van der Waals surface area contributed by atoms with Crippen LogP contribution in [0.2, 0.25) is 0 Å². The van der Waals surface area contributed by atoms with Crippen molar-refractivity contribution in [3.05, 3.63) is 29.3 Å². The third-order valence-corrected chi connectivity index (χ3v) is 3.49. The Morgan fingerprint density at radius 2 is 2.16 bits per heavy atom. The summed E-state index contributed by atoms with van der Waals surface area (Å²) in [6, 6.07) is 4.18. The molecule has 1 saturated heterocycles. The van der Waals surface area contributed by atoms with Crippen molar-refractivity contribution in [2.75, 3.05) is 20.2 Å². The standard InChI is InChI=1S/C14H18F3NO/c1-19-13-8-10(4-5-12(13)14(15,16)17)7-11-3-2-6-18-9-11/h4-5,8,11,18H,2-3,6-7,9H2,1H3. The molecule has 19 heavy (non-hydrogen) atoms. The Morgan fingerprint density at radius 1 is 1.37 bits per heavy atom. The van der Waals surface area contributed by atoms with Crippen molar-refractivity contribution in [3.63, 3.8) is 0 Å². The fourth-order valence-corrected chi connectivity index (χ4v) is 2.53. The lowest BCUT2D eigenvalue weighted by Crippen LogP contribution is -2.30. The summed E-state index contributed by atoms with van der Waals surface area (Å²) in [6.45, 7) is 1.97. The number of hydrogen-bond acceptors (Lipinski definition) is 2. The Labute approximate surface area is 111 Å². The van der Waals surface area contributed by atoms with Gasteiger partial charge in [-0.05, 0) is 56.0 Å². The van der Waals surface area contributed by atoms with E-state index in [2.05, 4.69) is 5.32 Å². The van der Waals surface area contributed by atoms with E-state index in [1.165, 1.54) is 13.2 Å². The van der Waals surface area contributed by atoms with Gasteiger partial charge in [-0.2, -0.15) is 13.2 Å². The Hall–Kier alpha value is -1.23. The number of nitrogens with one attached hydrogen (secondary N) is 1. The molecule has 0 saturated carbocycles. The van der Waals surface area contributed by atoms with Gasteiger partial charge in [-0.3, -0.25) is 0 Å². The van der Waals surface area contributed by atoms with E-state index in [1.54, 1.807) is 6.07 Å². The lowest BCUT2D eigenvalue weighted by molar-refractivity contribution is -0.138. The van der Waals surface area contributed by atoms with Crippen molar-refractivity contribution >= 4 is 0 Å². The van der Waals surface area contributed by atoms with E-state index < -0.39 is 11.7 Å². The van der Waals surface area contributed by atoms with E-state index in [4.69, 9.17) is 4.74 Å². The quantitative estimate of drug-likeness (QED) is 0.912. The Bertz CT molecular complexity index is 425. The van der Waals surface area contributed by atoms with Crippen molar-refractivity contribution < 1.29 is 17.9 Å². The molecule has 106 valence electrons. The molecule has 2 nitrogen and oxygen atoms in total. The lowest BCUT2D eigenvalue weighted by atomic mass is 9.92. The fourth-order valence-electron chi connectivity index (χ4n) is 2.53. The van der Waals surface area contributed by atoms with Crippen LogP contribution in [0.25, 0.3) is 0 Å². The molecule has 0 radical (unpaired) electrons. The van der Waals surface area contributed by atoms with Gasteiger partial charge in [-0.25, -0.2) is 0 Å². The van der Waals surface area contributed by atoms with E-state index in [0.717, 1.165) is 44.0 Å². The Kier molecular flexibility index (Phi) is 4.34. The minimum Gasteiger partial charge on any atom is -0.496 e. The summed E-state index contributed by atoms with van der Waals surface area (Å²) in [5.74, 6) is 0.406. The van der Waals surface area contributed by atoms with Gasteiger partial charge in [0.15, 0.2) is 0 Å². The number of rotatable bonds is 3. The van der Waals surface area contributed by atoms with Gasteiger partial charge in [0.25, 0.3) is 0 Å². The first-order valence-corrected chi connectivity index (χ1v) is 6.45. The predicted molar refractivity (Wildman–Crippen MR) is 67.3 cm³/mol. The summed E-state index contributed by atoms with van der Waals surface area (Å²) in [6.07, 6.45) is -1.32. The van der Waals surface area contributed by atoms with Crippen LogP contribution in [-0.4, -0.2) is 20.2 Å². The van der Waals surface area contributed by atoms with Gasteiger partial charge < -0.3 is 10.1 Å². The fraction of sp³-hybridized carbons (Fsp3) is 0.571. The maximum absolute atomic E-state index is 12.7. The molecule has 1 fully saturated rings. The number of alkyl halides is 3. The summed E-state index contributed by atoms with van der Waals surface area (Å²) in [5, 5.41) is 3.31. The molecule has 1 aromatic rings. The van der Waals surface area contributed by atoms with Gasteiger partial charge in [0, 0.05) is 0 Å². The van der Waals surface area contributed by atoms with Crippen LogP contribution in [0.1, 0.15) is 24.0 Å². The molecule has 1 aliphatic rings. The second-order valence-corrected chi connectivity index (χ2v) is 4.95. The van der Waals surface area contributed by atoms with Crippen LogP contribution in [0.3, 0.4) is 0 Å². The largest absolute Gasteiger partial charge is 0.496 e. The summed E-state index contributed by atoms with van der Waals surface area (Å²) < 4.78 is 43.1. The van der Waals surface area contributed by atoms with Crippen LogP contribution in [0.5, 0.6) is 5.75 Å². The first kappa shape index (κ1) is 14.2. The minimum absolute atomic E-state index is 0.0891. The molecule has 0 aromatic heterocycles. The van der Waals surface area contributed by atoms with Gasteiger partial charge in [0.05, 0.1) is 12.7 Å². The van der Waals surface area contributed by atoms with Crippen LogP contribution in [-0.2, 0) is 12.6 Å². The molecule has 0 bridgehead atoms. The summed E-state index contributed by atoms with van der Waals surface area (Å²) in [4.78, 5) is 0. The number of ether oxygens (including phenoxy) is 1. The molecular weight excluding hydrogens is 255 g/mol. The third-order valence-electron chi connectivity index (χ3n) is 3.49. The molecule has 1 atom stereocenters. The van der Waals surface area contributed by atoms with E-state index in [9.17, 15) is 13.2 Å². The second kappa shape index (κ2) is 5.82. The van der Waals surface area contributed by atoms with E-state index >= 15 is 0 Å². The number of piperidine rings is 1. The van der Waals surface area contributed by atoms with Gasteiger partial charge in [0.1, 0.15) is 5.75 Å². The molecule has 0 aliphatic carbocycles. The number of halogens is 3. The predicted octanol–water partition coefficient (Wildman–Crippen LogP) is 3.26. The minimum atomic E-state index is -4.36. The summed E-state index contributed by atoms with van der Waals surface area (Å²) >= 11 is 0. The van der Waals surface area contributed by atoms with Crippen LogP contribution in [0, 0.1) is 5.92 Å². The first-order valence-electron chi connectivity index (χ1n) is 6.45. The average molecular weight is 273 g/mol. The second-order valence-electron chi connectivity index (χ2n) is 4.95. The highest BCUT2D eigenvalue weighted by Gasteiger charge is 2.34. The third kappa shape index (κ3) is 3.62. The molecule has 0 spiro atoms. The van der Waals surface area contributed by atoms with E-state index in [-0.39, 0.29) is 5.75 Å². The summed E-state index contributed by atoms with van der Waals surface area (Å²) in [5.41, 5.74) is 0.194. The lowest BCUT2D eigenvalue weighted by Gasteiger charge is -2.23.